The Bertz CT molecular complexity index is 867. The maximum Gasteiger partial charge on any atom is 0.416 e. The highest BCUT2D eigenvalue weighted by Gasteiger charge is 2.31. The lowest BCUT2D eigenvalue weighted by Crippen LogP contribution is -2.39. The summed E-state index contributed by atoms with van der Waals surface area (Å²) in [6.45, 7) is 4.78. The molecule has 1 unspecified atom stereocenters. The van der Waals surface area contributed by atoms with Gasteiger partial charge in [0.25, 0.3) is 5.91 Å². The minimum Gasteiger partial charge on any atom is -0.481 e. The van der Waals surface area contributed by atoms with Crippen molar-refractivity contribution in [2.24, 2.45) is 0 Å². The lowest BCUT2D eigenvalue weighted by Gasteiger charge is -2.31. The van der Waals surface area contributed by atoms with E-state index in [4.69, 9.17) is 9.47 Å². The number of halogens is 3. The SMILES string of the molecule is CC(Oc1cccc(C(F)(F)F)c1)C(=O)N(C)Cc1ccccc1N1CCOCC1. The second kappa shape index (κ2) is 9.38. The smallest absolute Gasteiger partial charge is 0.416 e. The van der Waals surface area contributed by atoms with Crippen LogP contribution in [-0.2, 0) is 22.3 Å². The van der Waals surface area contributed by atoms with E-state index in [-0.39, 0.29) is 11.7 Å². The van der Waals surface area contributed by atoms with Gasteiger partial charge >= 0.3 is 6.18 Å². The number of likely N-dealkylation sites (N-methyl/N-ethyl adjacent to an activating group) is 1. The third-order valence-corrected chi connectivity index (χ3v) is 4.95. The van der Waals surface area contributed by atoms with Crippen LogP contribution in [0, 0.1) is 0 Å². The number of hydrogen-bond donors (Lipinski definition) is 0. The predicted octanol–water partition coefficient (Wildman–Crippen LogP) is 3.97. The zero-order valence-corrected chi connectivity index (χ0v) is 17.0. The molecule has 1 atom stereocenters. The molecule has 1 saturated heterocycles. The topological polar surface area (TPSA) is 42.0 Å². The minimum absolute atomic E-state index is 0.00721. The maximum absolute atomic E-state index is 12.9. The lowest BCUT2D eigenvalue weighted by molar-refractivity contribution is -0.137. The van der Waals surface area contributed by atoms with Crippen molar-refractivity contribution < 1.29 is 27.4 Å². The van der Waals surface area contributed by atoms with Gasteiger partial charge in [0.2, 0.25) is 0 Å². The van der Waals surface area contributed by atoms with Crippen molar-refractivity contribution in [3.63, 3.8) is 0 Å². The van der Waals surface area contributed by atoms with Crippen molar-refractivity contribution >= 4 is 11.6 Å². The molecule has 3 rings (SSSR count). The fraction of sp³-hybridized carbons (Fsp3) is 0.409. The molecular formula is C22H25F3N2O3. The van der Waals surface area contributed by atoms with Gasteiger partial charge < -0.3 is 19.3 Å². The summed E-state index contributed by atoms with van der Waals surface area (Å²) in [5.74, 6) is -0.308. The number of ether oxygens (including phenoxy) is 2. The van der Waals surface area contributed by atoms with E-state index in [2.05, 4.69) is 4.90 Å². The molecular weight excluding hydrogens is 397 g/mol. The summed E-state index contributed by atoms with van der Waals surface area (Å²) in [6, 6.07) is 12.4. The molecule has 1 heterocycles. The summed E-state index contributed by atoms with van der Waals surface area (Å²) in [5, 5.41) is 0. The van der Waals surface area contributed by atoms with Crippen molar-refractivity contribution in [1.29, 1.82) is 0 Å². The van der Waals surface area contributed by atoms with Gasteiger partial charge in [-0.1, -0.05) is 24.3 Å². The van der Waals surface area contributed by atoms with Gasteiger partial charge in [-0.05, 0) is 36.8 Å². The number of carbonyl (C=O) groups excluding carboxylic acids is 1. The number of anilines is 1. The summed E-state index contributed by atoms with van der Waals surface area (Å²) in [7, 11) is 1.66. The molecule has 0 spiro atoms. The molecule has 162 valence electrons. The summed E-state index contributed by atoms with van der Waals surface area (Å²) in [5.41, 5.74) is 1.22. The molecule has 0 aliphatic carbocycles. The van der Waals surface area contributed by atoms with Gasteiger partial charge in [-0.25, -0.2) is 0 Å². The summed E-state index contributed by atoms with van der Waals surface area (Å²) < 4.78 is 49.6. The van der Waals surface area contributed by atoms with Gasteiger partial charge in [-0.2, -0.15) is 13.2 Å². The number of rotatable bonds is 6. The maximum atomic E-state index is 12.9. The van der Waals surface area contributed by atoms with Crippen LogP contribution in [0.25, 0.3) is 0 Å². The van der Waals surface area contributed by atoms with Crippen molar-refractivity contribution in [2.75, 3.05) is 38.3 Å². The van der Waals surface area contributed by atoms with E-state index >= 15 is 0 Å². The van der Waals surface area contributed by atoms with Gasteiger partial charge in [-0.3, -0.25) is 4.79 Å². The summed E-state index contributed by atoms with van der Waals surface area (Å²) in [6.07, 6.45) is -5.39. The van der Waals surface area contributed by atoms with Crippen LogP contribution < -0.4 is 9.64 Å². The number of carbonyl (C=O) groups is 1. The summed E-state index contributed by atoms with van der Waals surface area (Å²) in [4.78, 5) is 16.5. The molecule has 1 amide bonds. The van der Waals surface area contributed by atoms with E-state index in [0.29, 0.717) is 19.8 Å². The second-order valence-electron chi connectivity index (χ2n) is 7.21. The first kappa shape index (κ1) is 22.0. The number of amides is 1. The van der Waals surface area contributed by atoms with Crippen LogP contribution in [0.1, 0.15) is 18.1 Å². The van der Waals surface area contributed by atoms with Crippen LogP contribution >= 0.6 is 0 Å². The van der Waals surface area contributed by atoms with Gasteiger partial charge in [-0.15, -0.1) is 0 Å². The molecule has 1 fully saturated rings. The van der Waals surface area contributed by atoms with E-state index < -0.39 is 17.8 Å². The third-order valence-electron chi connectivity index (χ3n) is 4.95. The molecule has 8 heteroatoms. The molecule has 30 heavy (non-hydrogen) atoms. The first-order valence-electron chi connectivity index (χ1n) is 9.75. The molecule has 2 aromatic rings. The Balaban J connectivity index is 1.66. The molecule has 0 N–H and O–H groups in total. The lowest BCUT2D eigenvalue weighted by atomic mass is 10.1. The molecule has 2 aromatic carbocycles. The number of hydrogen-bond acceptors (Lipinski definition) is 4. The number of morpholine rings is 1. The van der Waals surface area contributed by atoms with Crippen molar-refractivity contribution in [3.8, 4) is 5.75 Å². The zero-order chi connectivity index (χ0) is 21.7. The molecule has 1 aliphatic heterocycles. The number of nitrogens with zero attached hydrogens (tertiary/aromatic N) is 2. The normalized spacial score (nSPS) is 15.6. The van der Waals surface area contributed by atoms with E-state index in [1.54, 1.807) is 7.05 Å². The van der Waals surface area contributed by atoms with Gasteiger partial charge in [0.05, 0.1) is 18.8 Å². The molecule has 0 radical (unpaired) electrons. The highest BCUT2D eigenvalue weighted by atomic mass is 19.4. The van der Waals surface area contributed by atoms with Gasteiger partial charge in [0, 0.05) is 32.4 Å². The van der Waals surface area contributed by atoms with E-state index in [1.165, 1.54) is 24.0 Å². The molecule has 0 bridgehead atoms. The Morgan fingerprint density at radius 3 is 2.57 bits per heavy atom. The number of benzene rings is 2. The summed E-state index contributed by atoms with van der Waals surface area (Å²) >= 11 is 0. The van der Waals surface area contributed by atoms with E-state index in [9.17, 15) is 18.0 Å². The van der Waals surface area contributed by atoms with Gasteiger partial charge in [0.15, 0.2) is 6.10 Å². The van der Waals surface area contributed by atoms with Crippen molar-refractivity contribution in [2.45, 2.75) is 25.7 Å². The molecule has 0 aromatic heterocycles. The first-order chi connectivity index (χ1) is 14.3. The van der Waals surface area contributed by atoms with Crippen molar-refractivity contribution in [1.82, 2.24) is 4.90 Å². The largest absolute Gasteiger partial charge is 0.481 e. The highest BCUT2D eigenvalue weighted by Crippen LogP contribution is 2.31. The second-order valence-corrected chi connectivity index (χ2v) is 7.21. The van der Waals surface area contributed by atoms with Crippen LogP contribution in [0.15, 0.2) is 48.5 Å². The first-order valence-corrected chi connectivity index (χ1v) is 9.75. The Labute approximate surface area is 174 Å². The Kier molecular flexibility index (Phi) is 6.87. The minimum atomic E-state index is -4.47. The molecule has 0 saturated carbocycles. The van der Waals surface area contributed by atoms with Crippen LogP contribution in [0.5, 0.6) is 5.75 Å². The Morgan fingerprint density at radius 2 is 1.87 bits per heavy atom. The Morgan fingerprint density at radius 1 is 1.17 bits per heavy atom. The van der Waals surface area contributed by atoms with Crippen molar-refractivity contribution in [3.05, 3.63) is 59.7 Å². The average Bonchev–Trinajstić information content (AvgIpc) is 2.73. The van der Waals surface area contributed by atoms with E-state index in [1.807, 2.05) is 24.3 Å². The monoisotopic (exact) mass is 422 g/mol. The van der Waals surface area contributed by atoms with Crippen LogP contribution in [-0.4, -0.2) is 50.3 Å². The van der Waals surface area contributed by atoms with Gasteiger partial charge in [0.1, 0.15) is 5.75 Å². The van der Waals surface area contributed by atoms with E-state index in [0.717, 1.165) is 36.5 Å². The Hall–Kier alpha value is -2.74. The van der Waals surface area contributed by atoms with Crippen LogP contribution in [0.3, 0.4) is 0 Å². The fourth-order valence-corrected chi connectivity index (χ4v) is 3.40. The quantitative estimate of drug-likeness (QED) is 0.707. The third kappa shape index (κ3) is 5.44. The fourth-order valence-electron chi connectivity index (χ4n) is 3.40. The average molecular weight is 422 g/mol. The molecule has 1 aliphatic rings. The molecule has 5 nitrogen and oxygen atoms in total. The number of para-hydroxylation sites is 1. The number of alkyl halides is 3. The van der Waals surface area contributed by atoms with Crippen LogP contribution in [0.4, 0.5) is 18.9 Å². The zero-order valence-electron chi connectivity index (χ0n) is 17.0. The highest BCUT2D eigenvalue weighted by molar-refractivity contribution is 5.80. The van der Waals surface area contributed by atoms with Crippen LogP contribution in [0.2, 0.25) is 0 Å². The predicted molar refractivity (Wildman–Crippen MR) is 107 cm³/mol. The standard InChI is InChI=1S/C22H25F3N2O3/c1-16(30-19-8-5-7-18(14-19)22(23,24)25)21(28)26(2)15-17-6-3-4-9-20(17)27-10-12-29-13-11-27/h3-9,14,16H,10-13,15H2,1-2H3.